The van der Waals surface area contributed by atoms with Crippen LogP contribution in [-0.2, 0) is 38.1 Å². The summed E-state index contributed by atoms with van der Waals surface area (Å²) in [6.45, 7) is 0.155. The van der Waals surface area contributed by atoms with Crippen molar-refractivity contribution in [3.8, 4) is 0 Å². The highest BCUT2D eigenvalue weighted by Crippen LogP contribution is 1.93. The van der Waals surface area contributed by atoms with Gasteiger partial charge in [-0.3, -0.25) is 8.37 Å². The van der Waals surface area contributed by atoms with Gasteiger partial charge in [0.1, 0.15) is 0 Å². The molecule has 0 heterocycles. The van der Waals surface area contributed by atoms with Crippen molar-refractivity contribution in [2.75, 3.05) is 52.2 Å². The molecule has 4 N–H and O–H groups in total. The zero-order valence-electron chi connectivity index (χ0n) is 12.6. The highest BCUT2D eigenvalue weighted by Gasteiger charge is 2.14. The van der Waals surface area contributed by atoms with Crippen molar-refractivity contribution in [2.45, 2.75) is 12.1 Å². The van der Waals surface area contributed by atoms with Gasteiger partial charge in [-0.1, -0.05) is 0 Å². The van der Waals surface area contributed by atoms with Crippen LogP contribution in [0.25, 0.3) is 0 Å². The van der Waals surface area contributed by atoms with Crippen molar-refractivity contribution in [1.29, 1.82) is 0 Å². The number of nitrogens with two attached hydrogens (primary N) is 2. The van der Waals surface area contributed by atoms with E-state index >= 15 is 0 Å². The molecule has 22 heavy (non-hydrogen) atoms. The van der Waals surface area contributed by atoms with Gasteiger partial charge in [-0.05, 0) is 0 Å². The fourth-order valence-corrected chi connectivity index (χ4v) is 1.92. The largest absolute Gasteiger partial charge is 0.377 e. The van der Waals surface area contributed by atoms with Crippen LogP contribution in [0.1, 0.15) is 0 Å². The minimum Gasteiger partial charge on any atom is -0.377 e. The lowest BCUT2D eigenvalue weighted by molar-refractivity contribution is 0.0598. The molecule has 0 aliphatic heterocycles. The SMILES string of the molecule is CS(=O)(=O)OCCOC[C@@H](N)[C@H](N)COCCOS(C)(=O)=O. The monoisotopic (exact) mass is 364 g/mol. The number of ether oxygens (including phenoxy) is 2. The lowest BCUT2D eigenvalue weighted by Gasteiger charge is -2.19. The van der Waals surface area contributed by atoms with Gasteiger partial charge in [0.25, 0.3) is 20.2 Å². The maximum atomic E-state index is 10.7. The lowest BCUT2D eigenvalue weighted by Crippen LogP contribution is -2.47. The molecule has 0 aromatic rings. The smallest absolute Gasteiger partial charge is 0.264 e. The Bertz CT molecular complexity index is 447. The van der Waals surface area contributed by atoms with Gasteiger partial charge in [0.2, 0.25) is 0 Å². The molecule has 134 valence electrons. The van der Waals surface area contributed by atoms with Crippen molar-refractivity contribution < 1.29 is 34.7 Å². The highest BCUT2D eigenvalue weighted by atomic mass is 32.2. The zero-order valence-corrected chi connectivity index (χ0v) is 14.3. The third kappa shape index (κ3) is 14.6. The molecule has 0 unspecified atom stereocenters. The van der Waals surface area contributed by atoms with E-state index in [4.69, 9.17) is 20.9 Å². The van der Waals surface area contributed by atoms with E-state index in [-0.39, 0.29) is 39.6 Å². The van der Waals surface area contributed by atoms with Gasteiger partial charge in [0.15, 0.2) is 0 Å². The Labute approximate surface area is 131 Å². The molecular formula is C10H24N2O8S2. The second kappa shape index (κ2) is 10.4. The Hall–Kier alpha value is -0.340. The normalized spacial score (nSPS) is 15.6. The Balaban J connectivity index is 3.64. The van der Waals surface area contributed by atoms with Gasteiger partial charge in [-0.15, -0.1) is 0 Å². The molecule has 12 heteroatoms. The first-order valence-electron chi connectivity index (χ1n) is 6.37. The third-order valence-electron chi connectivity index (χ3n) is 2.22. The van der Waals surface area contributed by atoms with E-state index in [2.05, 4.69) is 8.37 Å². The average Bonchev–Trinajstić information content (AvgIpc) is 2.34. The summed E-state index contributed by atoms with van der Waals surface area (Å²) >= 11 is 0. The minimum absolute atomic E-state index is 0.0660. The zero-order chi connectivity index (χ0) is 17.2. The maximum Gasteiger partial charge on any atom is 0.264 e. The van der Waals surface area contributed by atoms with Crippen molar-refractivity contribution in [3.05, 3.63) is 0 Å². The molecule has 0 rings (SSSR count). The summed E-state index contributed by atoms with van der Waals surface area (Å²) in [7, 11) is -6.96. The van der Waals surface area contributed by atoms with Gasteiger partial charge >= 0.3 is 0 Å². The minimum atomic E-state index is -3.48. The number of hydrogen-bond acceptors (Lipinski definition) is 10. The first-order valence-corrected chi connectivity index (χ1v) is 10.00. The summed E-state index contributed by atoms with van der Waals surface area (Å²) in [5.74, 6) is 0. The topological polar surface area (TPSA) is 157 Å². The molecule has 0 saturated carbocycles. The third-order valence-corrected chi connectivity index (χ3v) is 3.41. The standard InChI is InChI=1S/C10H24N2O8S2/c1-21(13,14)19-5-3-17-7-9(11)10(12)8-18-4-6-20-22(2,15)16/h9-10H,3-8,11-12H2,1-2H3/t9-,10-/m1/s1. The summed E-state index contributed by atoms with van der Waals surface area (Å²) in [5.41, 5.74) is 11.5. The molecule has 0 bridgehead atoms. The number of hydrogen-bond donors (Lipinski definition) is 2. The molecule has 0 aromatic heterocycles. The van der Waals surface area contributed by atoms with Crippen LogP contribution in [0.2, 0.25) is 0 Å². The molecule has 0 amide bonds. The van der Waals surface area contributed by atoms with Gasteiger partial charge in [-0.2, -0.15) is 16.8 Å². The van der Waals surface area contributed by atoms with Crippen molar-refractivity contribution in [3.63, 3.8) is 0 Å². The molecule has 0 fully saturated rings. The van der Waals surface area contributed by atoms with Crippen LogP contribution in [0, 0.1) is 0 Å². The molecule has 0 aliphatic carbocycles. The van der Waals surface area contributed by atoms with Crippen molar-refractivity contribution >= 4 is 20.2 Å². The van der Waals surface area contributed by atoms with Gasteiger partial charge in [0, 0.05) is 12.1 Å². The second-order valence-corrected chi connectivity index (χ2v) is 7.82. The summed E-state index contributed by atoms with van der Waals surface area (Å²) in [6, 6.07) is -1.04. The quantitative estimate of drug-likeness (QED) is 0.267. The molecule has 2 atom stereocenters. The molecule has 0 aliphatic rings. The van der Waals surface area contributed by atoms with E-state index < -0.39 is 32.3 Å². The summed E-state index contributed by atoms with van der Waals surface area (Å²) in [6.07, 6.45) is 1.89. The van der Waals surface area contributed by atoms with E-state index in [9.17, 15) is 16.8 Å². The van der Waals surface area contributed by atoms with Crippen LogP contribution in [0.15, 0.2) is 0 Å². The van der Waals surface area contributed by atoms with Crippen LogP contribution in [0.4, 0.5) is 0 Å². The van der Waals surface area contributed by atoms with Gasteiger partial charge in [0.05, 0.1) is 52.2 Å². The fraction of sp³-hybridized carbons (Fsp3) is 1.00. The van der Waals surface area contributed by atoms with Crippen LogP contribution >= 0.6 is 0 Å². The molecule has 10 nitrogen and oxygen atoms in total. The Morgan fingerprint density at radius 1 is 0.727 bits per heavy atom. The second-order valence-electron chi connectivity index (χ2n) is 4.53. The van der Waals surface area contributed by atoms with E-state index in [1.165, 1.54) is 0 Å². The predicted molar refractivity (Wildman–Crippen MR) is 79.2 cm³/mol. The Kier molecular flexibility index (Phi) is 10.3. The van der Waals surface area contributed by atoms with E-state index in [0.717, 1.165) is 12.5 Å². The van der Waals surface area contributed by atoms with Gasteiger partial charge < -0.3 is 20.9 Å². The molecule has 0 saturated heterocycles. The highest BCUT2D eigenvalue weighted by molar-refractivity contribution is 7.86. The summed E-state index contributed by atoms with van der Waals surface area (Å²) in [4.78, 5) is 0. The van der Waals surface area contributed by atoms with Crippen LogP contribution in [0.5, 0.6) is 0 Å². The van der Waals surface area contributed by atoms with E-state index in [1.807, 2.05) is 0 Å². The van der Waals surface area contributed by atoms with E-state index in [1.54, 1.807) is 0 Å². The number of rotatable bonds is 13. The van der Waals surface area contributed by atoms with Crippen molar-refractivity contribution in [2.24, 2.45) is 11.5 Å². The Morgan fingerprint density at radius 3 is 1.32 bits per heavy atom. The van der Waals surface area contributed by atoms with Crippen LogP contribution < -0.4 is 11.5 Å². The molecule has 0 aromatic carbocycles. The Morgan fingerprint density at radius 2 is 1.05 bits per heavy atom. The van der Waals surface area contributed by atoms with Crippen molar-refractivity contribution in [1.82, 2.24) is 0 Å². The maximum absolute atomic E-state index is 10.7. The van der Waals surface area contributed by atoms with E-state index in [0.29, 0.717) is 0 Å². The predicted octanol–water partition coefficient (Wildman–Crippen LogP) is -2.37. The lowest BCUT2D eigenvalue weighted by atomic mass is 10.2. The van der Waals surface area contributed by atoms with Crippen LogP contribution in [0.3, 0.4) is 0 Å². The molecule has 0 radical (unpaired) electrons. The fourth-order valence-electron chi connectivity index (χ4n) is 1.17. The first kappa shape index (κ1) is 21.7. The summed E-state index contributed by atoms with van der Waals surface area (Å²) < 4.78 is 61.9. The first-order chi connectivity index (χ1) is 10.0. The molecule has 0 spiro atoms. The molecular weight excluding hydrogens is 340 g/mol. The van der Waals surface area contributed by atoms with Gasteiger partial charge in [-0.25, -0.2) is 0 Å². The van der Waals surface area contributed by atoms with Crippen LogP contribution in [-0.4, -0.2) is 81.1 Å². The summed E-state index contributed by atoms with van der Waals surface area (Å²) in [5, 5.41) is 0. The average molecular weight is 364 g/mol.